The van der Waals surface area contributed by atoms with Gasteiger partial charge in [-0.15, -0.1) is 0 Å². The second-order valence-electron chi connectivity index (χ2n) is 5.23. The summed E-state index contributed by atoms with van der Waals surface area (Å²) >= 11 is 1.86. The molecule has 0 spiro atoms. The first-order chi connectivity index (χ1) is 8.15. The Labute approximate surface area is 107 Å². The average Bonchev–Trinajstić information content (AvgIpc) is 2.86. The molecule has 1 fully saturated rings. The van der Waals surface area contributed by atoms with Crippen LogP contribution in [0.15, 0.2) is 4.52 Å². The quantitative estimate of drug-likeness (QED) is 0.876. The molecule has 1 aliphatic rings. The highest BCUT2D eigenvalue weighted by Crippen LogP contribution is 2.32. The molecule has 2 N–H and O–H groups in total. The molecule has 1 aliphatic carbocycles. The Kier molecular flexibility index (Phi) is 4.45. The standard InChI is InChI=1S/C12H21N3OS/c1-8(2)6-17-7-11-14-12(16-15-11)9-3-4-10(13)5-9/h8-10H,3-7,13H2,1-2H3/t9-,10+/m1/s1. The molecule has 0 radical (unpaired) electrons. The van der Waals surface area contributed by atoms with Crippen LogP contribution >= 0.6 is 11.8 Å². The predicted molar refractivity (Wildman–Crippen MR) is 69.9 cm³/mol. The van der Waals surface area contributed by atoms with Gasteiger partial charge in [0.15, 0.2) is 5.82 Å². The summed E-state index contributed by atoms with van der Waals surface area (Å²) in [6.07, 6.45) is 3.15. The van der Waals surface area contributed by atoms with Crippen molar-refractivity contribution in [1.29, 1.82) is 0 Å². The van der Waals surface area contributed by atoms with Crippen LogP contribution in [0.5, 0.6) is 0 Å². The zero-order valence-electron chi connectivity index (χ0n) is 10.6. The molecule has 4 nitrogen and oxygen atoms in total. The average molecular weight is 255 g/mol. The van der Waals surface area contributed by atoms with Crippen molar-refractivity contribution in [1.82, 2.24) is 10.1 Å². The molecule has 1 saturated carbocycles. The lowest BCUT2D eigenvalue weighted by Crippen LogP contribution is -2.14. The van der Waals surface area contributed by atoms with Crippen LogP contribution in [0.25, 0.3) is 0 Å². The molecule has 0 bridgehead atoms. The second kappa shape index (κ2) is 5.87. The summed E-state index contributed by atoms with van der Waals surface area (Å²) in [5.41, 5.74) is 5.89. The van der Waals surface area contributed by atoms with Gasteiger partial charge in [0.25, 0.3) is 0 Å². The number of hydrogen-bond donors (Lipinski definition) is 1. The highest BCUT2D eigenvalue weighted by Gasteiger charge is 2.27. The Hall–Kier alpha value is -0.550. The van der Waals surface area contributed by atoms with E-state index in [1.165, 1.54) is 0 Å². The van der Waals surface area contributed by atoms with Gasteiger partial charge in [-0.3, -0.25) is 0 Å². The fourth-order valence-corrected chi connectivity index (χ4v) is 3.01. The van der Waals surface area contributed by atoms with E-state index in [1.807, 2.05) is 11.8 Å². The fraction of sp³-hybridized carbons (Fsp3) is 0.833. The highest BCUT2D eigenvalue weighted by molar-refractivity contribution is 7.98. The molecule has 0 aliphatic heterocycles. The van der Waals surface area contributed by atoms with E-state index in [0.29, 0.717) is 17.9 Å². The monoisotopic (exact) mass is 255 g/mol. The van der Waals surface area contributed by atoms with Crippen molar-refractivity contribution in [3.8, 4) is 0 Å². The molecule has 5 heteroatoms. The van der Waals surface area contributed by atoms with Gasteiger partial charge in [0.2, 0.25) is 5.89 Å². The van der Waals surface area contributed by atoms with Gasteiger partial charge in [0.1, 0.15) is 0 Å². The topological polar surface area (TPSA) is 64.9 Å². The summed E-state index contributed by atoms with van der Waals surface area (Å²) in [5.74, 6) is 4.70. The zero-order chi connectivity index (χ0) is 12.3. The highest BCUT2D eigenvalue weighted by atomic mass is 32.2. The van der Waals surface area contributed by atoms with Crippen molar-refractivity contribution in [3.05, 3.63) is 11.7 Å². The lowest BCUT2D eigenvalue weighted by molar-refractivity contribution is 0.350. The molecule has 17 heavy (non-hydrogen) atoms. The van der Waals surface area contributed by atoms with Gasteiger partial charge in [-0.25, -0.2) is 0 Å². The SMILES string of the molecule is CC(C)CSCc1noc([C@@H]2CC[C@H](N)C2)n1. The number of nitrogens with zero attached hydrogens (tertiary/aromatic N) is 2. The zero-order valence-corrected chi connectivity index (χ0v) is 11.4. The van der Waals surface area contributed by atoms with Gasteiger partial charge in [-0.1, -0.05) is 19.0 Å². The van der Waals surface area contributed by atoms with Gasteiger partial charge >= 0.3 is 0 Å². The maximum absolute atomic E-state index is 5.89. The van der Waals surface area contributed by atoms with Crippen molar-refractivity contribution < 1.29 is 4.52 Å². The first kappa shape index (κ1) is 12.9. The Morgan fingerprint density at radius 3 is 2.94 bits per heavy atom. The van der Waals surface area contributed by atoms with E-state index in [-0.39, 0.29) is 0 Å². The summed E-state index contributed by atoms with van der Waals surface area (Å²) in [6.45, 7) is 4.43. The third kappa shape index (κ3) is 3.71. The molecule has 1 heterocycles. The summed E-state index contributed by atoms with van der Waals surface area (Å²) in [4.78, 5) is 4.47. The van der Waals surface area contributed by atoms with Crippen LogP contribution in [0.2, 0.25) is 0 Å². The van der Waals surface area contributed by atoms with Crippen molar-refractivity contribution in [2.45, 2.75) is 50.8 Å². The molecule has 1 aromatic rings. The van der Waals surface area contributed by atoms with E-state index in [1.54, 1.807) is 0 Å². The molecular weight excluding hydrogens is 234 g/mol. The molecule has 96 valence electrons. The van der Waals surface area contributed by atoms with Crippen LogP contribution in [-0.2, 0) is 5.75 Å². The summed E-state index contributed by atoms with van der Waals surface area (Å²) in [6, 6.07) is 0.311. The van der Waals surface area contributed by atoms with Crippen LogP contribution < -0.4 is 5.73 Å². The minimum Gasteiger partial charge on any atom is -0.339 e. The second-order valence-corrected chi connectivity index (χ2v) is 6.26. The molecule has 1 aromatic heterocycles. The maximum Gasteiger partial charge on any atom is 0.229 e. The minimum absolute atomic E-state index is 0.311. The third-order valence-electron chi connectivity index (χ3n) is 2.99. The minimum atomic E-state index is 0.311. The van der Waals surface area contributed by atoms with Crippen LogP contribution in [0.4, 0.5) is 0 Å². The van der Waals surface area contributed by atoms with Crippen LogP contribution in [0, 0.1) is 5.92 Å². The lowest BCUT2D eigenvalue weighted by Gasteiger charge is -2.02. The number of aromatic nitrogens is 2. The van der Waals surface area contributed by atoms with Crippen LogP contribution in [0.1, 0.15) is 50.7 Å². The van der Waals surface area contributed by atoms with Crippen molar-refractivity contribution >= 4 is 11.8 Å². The van der Waals surface area contributed by atoms with Crippen molar-refractivity contribution in [3.63, 3.8) is 0 Å². The van der Waals surface area contributed by atoms with E-state index in [0.717, 1.165) is 42.5 Å². The number of hydrogen-bond acceptors (Lipinski definition) is 5. The molecule has 2 rings (SSSR count). The first-order valence-electron chi connectivity index (χ1n) is 6.31. The predicted octanol–water partition coefficient (Wildman–Crippen LogP) is 2.55. The van der Waals surface area contributed by atoms with Crippen molar-refractivity contribution in [2.75, 3.05) is 5.75 Å². The summed E-state index contributed by atoms with van der Waals surface area (Å²) < 4.78 is 5.32. The number of rotatable bonds is 5. The Morgan fingerprint density at radius 1 is 1.47 bits per heavy atom. The molecule has 0 aromatic carbocycles. The van der Waals surface area contributed by atoms with Crippen LogP contribution in [-0.4, -0.2) is 21.9 Å². The summed E-state index contributed by atoms with van der Waals surface area (Å²) in [7, 11) is 0. The van der Waals surface area contributed by atoms with Gasteiger partial charge in [0, 0.05) is 12.0 Å². The first-order valence-corrected chi connectivity index (χ1v) is 7.46. The fourth-order valence-electron chi connectivity index (χ4n) is 2.12. The van der Waals surface area contributed by atoms with E-state index < -0.39 is 0 Å². The smallest absolute Gasteiger partial charge is 0.229 e. The molecule has 2 atom stereocenters. The van der Waals surface area contributed by atoms with Gasteiger partial charge < -0.3 is 10.3 Å². The van der Waals surface area contributed by atoms with E-state index in [9.17, 15) is 0 Å². The van der Waals surface area contributed by atoms with Gasteiger partial charge in [0.05, 0.1) is 5.75 Å². The Bertz CT molecular complexity index is 353. The molecule has 0 saturated heterocycles. The summed E-state index contributed by atoms with van der Waals surface area (Å²) in [5, 5.41) is 4.03. The van der Waals surface area contributed by atoms with Gasteiger partial charge in [-0.05, 0) is 30.9 Å². The van der Waals surface area contributed by atoms with Gasteiger partial charge in [-0.2, -0.15) is 16.7 Å². The third-order valence-corrected chi connectivity index (χ3v) is 4.35. The van der Waals surface area contributed by atoms with Crippen LogP contribution in [0.3, 0.4) is 0 Å². The number of nitrogens with two attached hydrogens (primary N) is 1. The van der Waals surface area contributed by atoms with E-state index in [4.69, 9.17) is 10.3 Å². The Morgan fingerprint density at radius 2 is 2.29 bits per heavy atom. The molecular formula is C12H21N3OS. The Balaban J connectivity index is 1.83. The maximum atomic E-state index is 5.89. The normalized spacial score (nSPS) is 24.7. The number of thioether (sulfide) groups is 1. The molecule has 0 unspecified atom stereocenters. The molecule has 0 amide bonds. The largest absolute Gasteiger partial charge is 0.339 e. The van der Waals surface area contributed by atoms with E-state index >= 15 is 0 Å². The van der Waals surface area contributed by atoms with E-state index in [2.05, 4.69) is 24.0 Å². The lowest BCUT2D eigenvalue weighted by atomic mass is 10.1. The van der Waals surface area contributed by atoms with Crippen molar-refractivity contribution in [2.24, 2.45) is 11.7 Å².